The number of ether oxygens (including phenoxy) is 2. The van der Waals surface area contributed by atoms with Gasteiger partial charge in [0.25, 0.3) is 0 Å². The average Bonchev–Trinajstić information content (AvgIpc) is 3.09. The fourth-order valence-electron chi connectivity index (χ4n) is 1.59. The molecule has 2 N–H and O–H groups in total. The number of epoxide rings is 1. The Morgan fingerprint density at radius 1 is 1.33 bits per heavy atom. The summed E-state index contributed by atoms with van der Waals surface area (Å²) < 4.78 is 27.2. The van der Waals surface area contributed by atoms with Crippen LogP contribution in [0.25, 0.3) is 0 Å². The zero-order valence-electron chi connectivity index (χ0n) is 11.7. The third-order valence-electron chi connectivity index (χ3n) is 2.52. The van der Waals surface area contributed by atoms with E-state index in [2.05, 4.69) is 0 Å². The quantitative estimate of drug-likeness (QED) is 0.275. The summed E-state index contributed by atoms with van der Waals surface area (Å²) >= 11 is 0. The second-order valence-electron chi connectivity index (χ2n) is 4.93. The first-order chi connectivity index (χ1) is 8.41. The van der Waals surface area contributed by atoms with Crippen LogP contribution in [0.5, 0.6) is 0 Å². The van der Waals surface area contributed by atoms with Gasteiger partial charge in [-0.25, -0.2) is 0 Å². The van der Waals surface area contributed by atoms with Crippen molar-refractivity contribution in [3.63, 3.8) is 0 Å². The topological polar surface area (TPSA) is 75.5 Å². The lowest BCUT2D eigenvalue weighted by molar-refractivity contribution is 0.00717. The number of nitrogens with two attached hydrogens (primary N) is 1. The Labute approximate surface area is 110 Å². The molecule has 1 heterocycles. The zero-order valence-corrected chi connectivity index (χ0v) is 12.7. The smallest absolute Gasteiger partial charge is 0.379 e. The molecule has 0 radical (unpaired) electrons. The van der Waals surface area contributed by atoms with Crippen molar-refractivity contribution in [2.45, 2.75) is 38.1 Å². The first-order valence-electron chi connectivity index (χ1n) is 6.19. The first-order valence-corrected chi connectivity index (χ1v) is 8.13. The van der Waals surface area contributed by atoms with Crippen LogP contribution in [-0.4, -0.2) is 54.7 Å². The summed E-state index contributed by atoms with van der Waals surface area (Å²) in [6.45, 7) is 5.70. The zero-order chi connectivity index (χ0) is 13.6. The predicted octanol–water partition coefficient (Wildman–Crippen LogP) is 0.735. The van der Waals surface area contributed by atoms with Crippen molar-refractivity contribution in [2.75, 3.05) is 34.0 Å². The van der Waals surface area contributed by atoms with E-state index in [-0.39, 0.29) is 0 Å². The lowest BCUT2D eigenvalue weighted by Gasteiger charge is -2.33. The average molecular weight is 279 g/mol. The summed E-state index contributed by atoms with van der Waals surface area (Å²) in [5.74, 6) is 0. The van der Waals surface area contributed by atoms with Crippen molar-refractivity contribution in [1.82, 2.24) is 0 Å². The fourth-order valence-corrected chi connectivity index (χ4v) is 3.81. The molecule has 1 unspecified atom stereocenters. The lowest BCUT2D eigenvalue weighted by atomic mass is 10.4. The van der Waals surface area contributed by atoms with Crippen molar-refractivity contribution >= 4 is 8.80 Å². The molecule has 0 amide bonds. The minimum Gasteiger partial charge on any atom is -0.379 e. The molecular weight excluding hydrogens is 254 g/mol. The van der Waals surface area contributed by atoms with Crippen LogP contribution >= 0.6 is 0 Å². The number of rotatable bonds is 10. The minimum atomic E-state index is -2.68. The third kappa shape index (κ3) is 6.23. The van der Waals surface area contributed by atoms with Gasteiger partial charge in [0.15, 0.2) is 0 Å². The molecule has 1 saturated heterocycles. The van der Waals surface area contributed by atoms with E-state index in [9.17, 15) is 0 Å². The second kappa shape index (κ2) is 6.95. The van der Waals surface area contributed by atoms with Gasteiger partial charge in [-0.15, -0.1) is 0 Å². The molecule has 18 heavy (non-hydrogen) atoms. The van der Waals surface area contributed by atoms with Gasteiger partial charge in [-0.3, -0.25) is 0 Å². The van der Waals surface area contributed by atoms with Crippen LogP contribution in [0.4, 0.5) is 0 Å². The van der Waals surface area contributed by atoms with Gasteiger partial charge in [-0.05, 0) is 20.3 Å². The highest BCUT2D eigenvalue weighted by molar-refractivity contribution is 6.60. The Morgan fingerprint density at radius 3 is 2.39 bits per heavy atom. The molecule has 0 aromatic rings. The summed E-state index contributed by atoms with van der Waals surface area (Å²) in [7, 11) is 0.518. The third-order valence-corrected chi connectivity index (χ3v) is 5.57. The second-order valence-corrected chi connectivity index (χ2v) is 7.82. The van der Waals surface area contributed by atoms with Crippen LogP contribution in [0.1, 0.15) is 20.3 Å². The van der Waals surface area contributed by atoms with Gasteiger partial charge in [0.2, 0.25) is 0 Å². The molecule has 1 aliphatic rings. The Bertz CT molecular complexity index is 238. The van der Waals surface area contributed by atoms with Gasteiger partial charge in [0.1, 0.15) is 11.8 Å². The highest BCUT2D eigenvalue weighted by Crippen LogP contribution is 2.21. The molecule has 6 nitrogen and oxygen atoms in total. The molecule has 108 valence electrons. The largest absolute Gasteiger partial charge is 0.501 e. The van der Waals surface area contributed by atoms with Crippen LogP contribution in [0, 0.1) is 0 Å². The van der Waals surface area contributed by atoms with E-state index in [1.165, 1.54) is 0 Å². The SMILES string of the molecule is CO[Si](CCCOCC1CO1)(OC)OC(C)(C)N. The maximum Gasteiger partial charge on any atom is 0.501 e. The molecule has 0 aromatic heterocycles. The van der Waals surface area contributed by atoms with Crippen molar-refractivity contribution in [3.8, 4) is 0 Å². The fraction of sp³-hybridized carbons (Fsp3) is 1.00. The monoisotopic (exact) mass is 279 g/mol. The van der Waals surface area contributed by atoms with Crippen LogP contribution in [0.15, 0.2) is 0 Å². The van der Waals surface area contributed by atoms with Gasteiger partial charge in [0, 0.05) is 26.9 Å². The highest BCUT2D eigenvalue weighted by Gasteiger charge is 2.42. The van der Waals surface area contributed by atoms with Crippen molar-refractivity contribution in [2.24, 2.45) is 5.73 Å². The van der Waals surface area contributed by atoms with Crippen LogP contribution in [-0.2, 0) is 22.8 Å². The van der Waals surface area contributed by atoms with Gasteiger partial charge < -0.3 is 28.5 Å². The summed E-state index contributed by atoms with van der Waals surface area (Å²) in [5.41, 5.74) is 5.09. The predicted molar refractivity (Wildman–Crippen MR) is 69.1 cm³/mol. The van der Waals surface area contributed by atoms with Gasteiger partial charge >= 0.3 is 8.80 Å². The molecule has 7 heteroatoms. The Kier molecular flexibility index (Phi) is 6.19. The van der Waals surface area contributed by atoms with E-state index in [1.54, 1.807) is 28.1 Å². The van der Waals surface area contributed by atoms with E-state index in [1.807, 2.05) is 0 Å². The molecule has 0 bridgehead atoms. The van der Waals surface area contributed by atoms with Crippen molar-refractivity contribution < 1.29 is 22.8 Å². The molecule has 1 fully saturated rings. The van der Waals surface area contributed by atoms with Gasteiger partial charge in [-0.1, -0.05) is 0 Å². The standard InChI is InChI=1S/C11H25NO5Si/c1-11(2,12)17-18(13-3,14-4)7-5-6-15-8-10-9-16-10/h10H,5-9,12H2,1-4H3. The Hall–Kier alpha value is -0.0231. The van der Waals surface area contributed by atoms with E-state index in [0.29, 0.717) is 25.4 Å². The molecule has 1 rings (SSSR count). The summed E-state index contributed by atoms with van der Waals surface area (Å²) in [6, 6.07) is 0.687. The summed E-state index contributed by atoms with van der Waals surface area (Å²) in [5, 5.41) is 0. The molecule has 0 saturated carbocycles. The van der Waals surface area contributed by atoms with Crippen LogP contribution < -0.4 is 5.73 Å². The first kappa shape index (κ1) is 16.0. The molecule has 0 aromatic carbocycles. The molecule has 1 atom stereocenters. The van der Waals surface area contributed by atoms with Crippen LogP contribution in [0.2, 0.25) is 6.04 Å². The Morgan fingerprint density at radius 2 is 1.94 bits per heavy atom. The molecule has 0 aliphatic carbocycles. The van der Waals surface area contributed by atoms with E-state index in [0.717, 1.165) is 13.0 Å². The Balaban J connectivity index is 2.26. The van der Waals surface area contributed by atoms with E-state index < -0.39 is 14.5 Å². The van der Waals surface area contributed by atoms with Crippen molar-refractivity contribution in [1.29, 1.82) is 0 Å². The number of hydrogen-bond donors (Lipinski definition) is 1. The summed E-state index contributed by atoms with van der Waals surface area (Å²) in [4.78, 5) is 0. The highest BCUT2D eigenvalue weighted by atomic mass is 28.4. The summed E-state index contributed by atoms with van der Waals surface area (Å²) in [6.07, 6.45) is 1.12. The molecule has 0 spiro atoms. The van der Waals surface area contributed by atoms with E-state index in [4.69, 9.17) is 28.5 Å². The van der Waals surface area contributed by atoms with Gasteiger partial charge in [-0.2, -0.15) is 0 Å². The molecule has 1 aliphatic heterocycles. The van der Waals surface area contributed by atoms with Crippen LogP contribution in [0.3, 0.4) is 0 Å². The molecular formula is C11H25NO5Si. The minimum absolute atomic E-state index is 0.302. The maximum absolute atomic E-state index is 5.86. The lowest BCUT2D eigenvalue weighted by Crippen LogP contribution is -2.53. The van der Waals surface area contributed by atoms with Crippen molar-refractivity contribution in [3.05, 3.63) is 0 Å². The normalized spacial score (nSPS) is 20.2. The maximum atomic E-state index is 5.86. The number of hydrogen-bond acceptors (Lipinski definition) is 6. The van der Waals surface area contributed by atoms with E-state index >= 15 is 0 Å². The van der Waals surface area contributed by atoms with Gasteiger partial charge in [0.05, 0.1) is 13.2 Å².